The van der Waals surface area contributed by atoms with Gasteiger partial charge in [-0.2, -0.15) is 11.4 Å². The quantitative estimate of drug-likeness (QED) is 0.147. The summed E-state index contributed by atoms with van der Waals surface area (Å²) in [5.41, 5.74) is 15.3. The summed E-state index contributed by atoms with van der Waals surface area (Å²) in [6.45, 7) is 17.6. The van der Waals surface area contributed by atoms with Crippen LogP contribution in [0.15, 0.2) is 190 Å². The van der Waals surface area contributed by atoms with Crippen molar-refractivity contribution in [2.45, 2.75) is 72.6 Å². The molecule has 0 aliphatic heterocycles. The van der Waals surface area contributed by atoms with Gasteiger partial charge in [0, 0.05) is 26.7 Å². The van der Waals surface area contributed by atoms with Crippen molar-refractivity contribution in [1.82, 2.24) is 4.98 Å². The molecule has 0 amide bonds. The molecule has 0 saturated heterocycles. The minimum atomic E-state index is -0.553. The fourth-order valence-electron chi connectivity index (χ4n) is 7.59. The van der Waals surface area contributed by atoms with E-state index in [4.69, 9.17) is 3.50 Å². The topological polar surface area (TPSA) is 46.7 Å². The standard InChI is InChI=1S/C30H21BrO.C12H17N.C10H12.C6H8N.Mo/c31-29-25(21-13-5-1-6-14-21)27(23-17-9-3-10-18-23)30(32)28(24-19-11-4-12-20-24)26(29)22-15-7-2-8-16-22;1-8(2)10-6-5-7-11(9(3)4)12(10)13;1-10(2,3)9-7-5-4-6-8-9;1-5-3-4-6(2)7-5;/h1-20,32H;5-9H,1-4H3;1,4-8H,2-3H3;3-4H,1-2H3;/q;;;-1;. The number of hydrogen-bond donors (Lipinski definition) is 1. The Morgan fingerprint density at radius 1 is 0.508 bits per heavy atom. The average Bonchev–Trinajstić information content (AvgIpc) is 3.69. The van der Waals surface area contributed by atoms with Crippen LogP contribution in [0.4, 0.5) is 5.69 Å². The maximum Gasteiger partial charge on any atom is 0.132 e. The summed E-state index contributed by atoms with van der Waals surface area (Å²) in [4.78, 5) is 4.11. The summed E-state index contributed by atoms with van der Waals surface area (Å²) in [7, 11) is 0. The number of aryl methyl sites for hydroxylation is 2. The van der Waals surface area contributed by atoms with Gasteiger partial charge < -0.3 is 10.1 Å². The van der Waals surface area contributed by atoms with E-state index in [2.05, 4.69) is 140 Å². The van der Waals surface area contributed by atoms with Crippen molar-refractivity contribution in [3.8, 4) is 50.3 Å². The molecular weight excluding hydrogens is 916 g/mol. The van der Waals surface area contributed by atoms with Crippen molar-refractivity contribution in [1.29, 1.82) is 0 Å². The van der Waals surface area contributed by atoms with Crippen molar-refractivity contribution >= 4 is 26.0 Å². The first-order valence-corrected chi connectivity index (χ1v) is 24.5. The van der Waals surface area contributed by atoms with Crippen LogP contribution in [0.5, 0.6) is 5.75 Å². The van der Waals surface area contributed by atoms with Gasteiger partial charge in [-0.15, -0.1) is 0 Å². The van der Waals surface area contributed by atoms with Crippen LogP contribution >= 0.6 is 15.9 Å². The molecule has 1 N–H and O–H groups in total. The Balaban J connectivity index is 0.000000187. The van der Waals surface area contributed by atoms with Crippen molar-refractivity contribution in [3.05, 3.63) is 215 Å². The molecule has 0 bridgehead atoms. The fraction of sp³-hybridized carbons (Fsp3) is 0.190. The Hall–Kier alpha value is -5.54. The Morgan fingerprint density at radius 3 is 1.19 bits per heavy atom. The molecule has 0 radical (unpaired) electrons. The molecule has 7 aromatic carbocycles. The molecular formula is C58H58BrMoN2O-. The minimum Gasteiger partial charge on any atom is -0.665 e. The average molecular weight is 975 g/mol. The maximum absolute atomic E-state index is 11.9. The Kier molecular flexibility index (Phi) is 16.5. The third-order valence-corrected chi connectivity index (χ3v) is 14.1. The summed E-state index contributed by atoms with van der Waals surface area (Å²) in [6.07, 6.45) is 0. The largest absolute Gasteiger partial charge is 0.665 e. The number of aromatic nitrogens is 1. The molecule has 0 fully saturated rings. The van der Waals surface area contributed by atoms with Crippen LogP contribution in [-0.2, 0) is 23.3 Å². The summed E-state index contributed by atoms with van der Waals surface area (Å²) < 4.78 is 8.55. The number of halogens is 1. The minimum absolute atomic E-state index is 0.0811. The molecule has 0 unspecified atom stereocenters. The predicted octanol–water partition coefficient (Wildman–Crippen LogP) is 16.7. The van der Waals surface area contributed by atoms with E-state index in [-0.39, 0.29) is 11.2 Å². The zero-order valence-corrected chi connectivity index (χ0v) is 41.3. The summed E-state index contributed by atoms with van der Waals surface area (Å²) in [5.74, 6) is 1.30. The van der Waals surface area contributed by atoms with Crippen LogP contribution in [0, 0.1) is 13.8 Å². The first-order valence-electron chi connectivity index (χ1n) is 21.6. The molecule has 1 heterocycles. The van der Waals surface area contributed by atoms with Crippen LogP contribution < -0.4 is 4.98 Å². The molecule has 1 aromatic heterocycles. The van der Waals surface area contributed by atoms with E-state index in [1.807, 2.05) is 123 Å². The number of nitrogens with zero attached hydrogens (tertiary/aromatic N) is 2. The van der Waals surface area contributed by atoms with Crippen molar-refractivity contribution in [2.24, 2.45) is 3.50 Å². The second kappa shape index (κ2) is 22.2. The predicted molar refractivity (Wildman–Crippen MR) is 269 cm³/mol. The molecule has 3 nitrogen and oxygen atoms in total. The van der Waals surface area contributed by atoms with E-state index in [0.717, 1.165) is 60.4 Å². The zero-order chi connectivity index (χ0) is 44.9. The van der Waals surface area contributed by atoms with Gasteiger partial charge in [-0.05, 0) is 38.2 Å². The van der Waals surface area contributed by atoms with Crippen molar-refractivity contribution in [2.75, 3.05) is 0 Å². The van der Waals surface area contributed by atoms with E-state index in [0.29, 0.717) is 11.8 Å². The van der Waals surface area contributed by atoms with Gasteiger partial charge in [-0.1, -0.05) is 147 Å². The third kappa shape index (κ3) is 11.9. The molecule has 0 spiro atoms. The van der Waals surface area contributed by atoms with Gasteiger partial charge in [0.05, 0.1) is 0 Å². The summed E-state index contributed by atoms with van der Waals surface area (Å²) in [6, 6.07) is 62.1. The van der Waals surface area contributed by atoms with Gasteiger partial charge in [-0.3, -0.25) is 0 Å². The van der Waals surface area contributed by atoms with Gasteiger partial charge in [0.1, 0.15) is 5.75 Å². The second-order valence-corrected chi connectivity index (χ2v) is 19.2. The number of aromatic hydroxyl groups is 1. The smallest absolute Gasteiger partial charge is 0.132 e. The summed E-state index contributed by atoms with van der Waals surface area (Å²) >= 11 is 3.42. The maximum atomic E-state index is 11.9. The van der Waals surface area contributed by atoms with Crippen LogP contribution in [0.2, 0.25) is 0 Å². The van der Waals surface area contributed by atoms with Crippen LogP contribution in [0.25, 0.3) is 44.5 Å². The Labute approximate surface area is 392 Å². The normalized spacial score (nSPS) is 11.0. The van der Waals surface area contributed by atoms with Crippen LogP contribution in [0.3, 0.4) is 0 Å². The number of hydrogen-bond acceptors (Lipinski definition) is 2. The molecule has 0 saturated carbocycles. The number of benzene rings is 7. The molecule has 63 heavy (non-hydrogen) atoms. The van der Waals surface area contributed by atoms with Gasteiger partial charge in [0.15, 0.2) is 0 Å². The summed E-state index contributed by atoms with van der Waals surface area (Å²) in [5, 5.41) is 11.9. The first kappa shape index (κ1) is 46.9. The molecule has 0 aliphatic carbocycles. The van der Waals surface area contributed by atoms with Crippen LogP contribution in [-0.4, -0.2) is 9.51 Å². The van der Waals surface area contributed by atoms with Gasteiger partial charge in [-0.25, -0.2) is 0 Å². The molecule has 0 atom stereocenters. The van der Waals surface area contributed by atoms with E-state index in [1.165, 1.54) is 22.4 Å². The molecule has 8 aromatic rings. The van der Waals surface area contributed by atoms with Gasteiger partial charge in [0.2, 0.25) is 0 Å². The number of phenols is 1. The van der Waals surface area contributed by atoms with Gasteiger partial charge >= 0.3 is 156 Å². The molecule has 320 valence electrons. The van der Waals surface area contributed by atoms with Crippen LogP contribution in [0.1, 0.15) is 81.5 Å². The van der Waals surface area contributed by atoms with Crippen molar-refractivity contribution in [3.63, 3.8) is 0 Å². The van der Waals surface area contributed by atoms with E-state index >= 15 is 0 Å². The molecule has 0 aliphatic rings. The van der Waals surface area contributed by atoms with E-state index in [1.54, 1.807) is 0 Å². The first-order chi connectivity index (χ1) is 30.4. The fourth-order valence-corrected chi connectivity index (χ4v) is 10.3. The van der Waals surface area contributed by atoms with Gasteiger partial charge in [0.25, 0.3) is 0 Å². The Morgan fingerprint density at radius 2 is 0.857 bits per heavy atom. The second-order valence-electron chi connectivity index (χ2n) is 16.9. The van der Waals surface area contributed by atoms with Crippen molar-refractivity contribution < 1.29 is 23.0 Å². The number of phenolic OH excluding ortho intramolecular Hbond substituents is 1. The SMILES string of the molecule is CC(C)c1cccc(C(C)C)c1[N]=[Mo]=[CH]C(C)(C)c1ccccc1.Cc1ccc(C)[n-]1.Oc1c(-c2ccccc2)c(-c2ccccc2)c(Br)c(-c2ccccc2)c1-c1ccccc1. The number of rotatable bonds is 9. The van der Waals surface area contributed by atoms with E-state index < -0.39 is 17.9 Å². The monoisotopic (exact) mass is 975 g/mol. The Bertz CT molecular complexity index is 2500. The third-order valence-electron chi connectivity index (χ3n) is 10.9. The molecule has 8 rings (SSSR count). The molecule has 5 heteroatoms. The zero-order valence-electron chi connectivity index (χ0n) is 37.7. The van der Waals surface area contributed by atoms with E-state index in [9.17, 15) is 5.11 Å².